The van der Waals surface area contributed by atoms with Crippen LogP contribution >= 0.6 is 11.6 Å². The van der Waals surface area contributed by atoms with Crippen molar-refractivity contribution < 1.29 is 27.1 Å². The number of ether oxygens (including phenoxy) is 1. The molecule has 0 saturated carbocycles. The molecule has 2 fully saturated rings. The van der Waals surface area contributed by atoms with Gasteiger partial charge in [0.25, 0.3) is 0 Å². The highest BCUT2D eigenvalue weighted by Crippen LogP contribution is 2.44. The van der Waals surface area contributed by atoms with Gasteiger partial charge in [-0.1, -0.05) is 18.2 Å². The highest BCUT2D eigenvalue weighted by atomic mass is 35.5. The molecule has 1 unspecified atom stereocenters. The Balaban J connectivity index is 1.68. The number of nitrogen functional groups attached to an aromatic ring is 1. The molecule has 2 saturated heterocycles. The molecule has 2 aliphatic rings. The summed E-state index contributed by atoms with van der Waals surface area (Å²) in [5.74, 6) is -1.26. The Morgan fingerprint density at radius 1 is 1.29 bits per heavy atom. The Labute approximate surface area is 244 Å². The van der Waals surface area contributed by atoms with Crippen LogP contribution in [0.5, 0.6) is 6.01 Å². The number of carbonyl (C=O) groups excluding carboxylic acids is 1. The van der Waals surface area contributed by atoms with Crippen LogP contribution in [0.1, 0.15) is 30.9 Å². The Kier molecular flexibility index (Phi) is 8.17. The van der Waals surface area contributed by atoms with Gasteiger partial charge in [-0.05, 0) is 57.0 Å². The molecule has 3 N–H and O–H groups in total. The molecule has 2 atom stereocenters. The Morgan fingerprint density at radius 2 is 2.05 bits per heavy atom. The molecule has 3 aromatic rings. The normalized spacial score (nSPS) is 19.4. The number of pyridine rings is 1. The summed E-state index contributed by atoms with van der Waals surface area (Å²) in [6.07, 6.45) is -1.76. The minimum absolute atomic E-state index is 0.0552. The number of carbonyl (C=O) groups is 1. The second-order valence-electron chi connectivity index (χ2n) is 10.5. The standard InChI is InChI=1S/C28H30ClF4N7O2/c1-4-20(41)39-8-9-40(15(3)12-39)26-17-11-18(29)21(25-22(28(31,32)33)14(2)10-19(34)36-25)23(30)24(17)37-27(38-26)42-13-16-6-5-7-35-16/h4,10-11,15-16,35H,1,5-9,12-13H2,2-3H3,(H2,34,36)/t15-,16?/m0/s1. The van der Waals surface area contributed by atoms with Gasteiger partial charge >= 0.3 is 12.2 Å². The van der Waals surface area contributed by atoms with E-state index in [4.69, 9.17) is 22.1 Å². The molecule has 0 spiro atoms. The number of piperazine rings is 1. The molecule has 4 heterocycles. The molecule has 224 valence electrons. The van der Waals surface area contributed by atoms with E-state index in [1.807, 2.05) is 11.8 Å². The maximum absolute atomic E-state index is 16.5. The van der Waals surface area contributed by atoms with Crippen molar-refractivity contribution in [2.45, 2.75) is 44.9 Å². The maximum Gasteiger partial charge on any atom is 0.418 e. The monoisotopic (exact) mass is 607 g/mol. The number of nitrogens with zero attached hydrogens (tertiary/aromatic N) is 5. The highest BCUT2D eigenvalue weighted by molar-refractivity contribution is 6.34. The first-order chi connectivity index (χ1) is 19.9. The third-order valence-corrected chi connectivity index (χ3v) is 7.86. The molecule has 1 aromatic carbocycles. The number of fused-ring (bicyclic) bond motifs is 1. The van der Waals surface area contributed by atoms with Crippen molar-refractivity contribution in [3.05, 3.63) is 46.8 Å². The van der Waals surface area contributed by atoms with Crippen molar-refractivity contribution in [1.29, 1.82) is 0 Å². The fourth-order valence-electron chi connectivity index (χ4n) is 5.57. The van der Waals surface area contributed by atoms with Gasteiger partial charge in [0.15, 0.2) is 5.82 Å². The molecule has 2 aliphatic heterocycles. The molecule has 2 aromatic heterocycles. The summed E-state index contributed by atoms with van der Waals surface area (Å²) >= 11 is 6.52. The fourth-order valence-corrected chi connectivity index (χ4v) is 5.85. The van der Waals surface area contributed by atoms with Gasteiger partial charge < -0.3 is 25.6 Å². The molecule has 1 amide bonds. The lowest BCUT2D eigenvalue weighted by Crippen LogP contribution is -2.53. The number of amides is 1. The topological polar surface area (TPSA) is 110 Å². The van der Waals surface area contributed by atoms with Gasteiger partial charge in [0.1, 0.15) is 23.8 Å². The van der Waals surface area contributed by atoms with Gasteiger partial charge in [-0.15, -0.1) is 0 Å². The van der Waals surface area contributed by atoms with E-state index < -0.39 is 28.8 Å². The number of anilines is 2. The Bertz CT molecular complexity index is 1550. The van der Waals surface area contributed by atoms with Crippen molar-refractivity contribution in [2.75, 3.05) is 43.4 Å². The second-order valence-corrected chi connectivity index (χ2v) is 10.9. The Morgan fingerprint density at radius 3 is 2.69 bits per heavy atom. The van der Waals surface area contributed by atoms with Crippen molar-refractivity contribution in [2.24, 2.45) is 0 Å². The average Bonchev–Trinajstić information content (AvgIpc) is 3.44. The van der Waals surface area contributed by atoms with Crippen LogP contribution in [0.15, 0.2) is 24.8 Å². The molecule has 0 radical (unpaired) electrons. The van der Waals surface area contributed by atoms with E-state index in [0.29, 0.717) is 19.6 Å². The van der Waals surface area contributed by atoms with E-state index in [0.717, 1.165) is 25.5 Å². The van der Waals surface area contributed by atoms with Crippen LogP contribution in [0.3, 0.4) is 0 Å². The van der Waals surface area contributed by atoms with Gasteiger partial charge in [0.05, 0.1) is 21.8 Å². The summed E-state index contributed by atoms with van der Waals surface area (Å²) in [7, 11) is 0. The van der Waals surface area contributed by atoms with Gasteiger partial charge in [-0.25, -0.2) is 9.37 Å². The molecular formula is C28H30ClF4N7O2. The number of aryl methyl sites for hydroxylation is 1. The van der Waals surface area contributed by atoms with Crippen LogP contribution in [0.4, 0.5) is 29.2 Å². The fraction of sp³-hybridized carbons (Fsp3) is 0.429. The van der Waals surface area contributed by atoms with Crippen LogP contribution in [-0.2, 0) is 11.0 Å². The number of halogens is 5. The zero-order valence-electron chi connectivity index (χ0n) is 23.1. The SMILES string of the molecule is C=CC(=O)N1CCN(c2nc(OCC3CCCN3)nc3c(F)c(-c4nc(N)cc(C)c4C(F)(F)F)c(Cl)cc23)[C@@H](C)C1. The van der Waals surface area contributed by atoms with Gasteiger partial charge in [-0.2, -0.15) is 23.1 Å². The van der Waals surface area contributed by atoms with Crippen molar-refractivity contribution in [3.8, 4) is 17.3 Å². The first-order valence-electron chi connectivity index (χ1n) is 13.5. The van der Waals surface area contributed by atoms with Crippen molar-refractivity contribution >= 4 is 40.0 Å². The summed E-state index contributed by atoms with van der Waals surface area (Å²) in [5.41, 5.74) is 2.84. The number of rotatable bonds is 6. The van der Waals surface area contributed by atoms with Gasteiger partial charge in [0, 0.05) is 37.1 Å². The number of nitrogens with one attached hydrogen (secondary N) is 1. The van der Waals surface area contributed by atoms with E-state index in [9.17, 15) is 18.0 Å². The lowest BCUT2D eigenvalue weighted by atomic mass is 9.99. The van der Waals surface area contributed by atoms with E-state index in [-0.39, 0.29) is 63.7 Å². The summed E-state index contributed by atoms with van der Waals surface area (Å²) in [5, 5.41) is 3.16. The zero-order valence-corrected chi connectivity index (χ0v) is 23.8. The summed E-state index contributed by atoms with van der Waals surface area (Å²) in [6, 6.07) is 2.06. The summed E-state index contributed by atoms with van der Waals surface area (Å²) in [4.78, 5) is 28.5. The van der Waals surface area contributed by atoms with Crippen LogP contribution in [0.25, 0.3) is 22.2 Å². The quantitative estimate of drug-likeness (QED) is 0.305. The summed E-state index contributed by atoms with van der Waals surface area (Å²) in [6.45, 7) is 8.73. The zero-order chi connectivity index (χ0) is 30.3. The number of alkyl halides is 3. The van der Waals surface area contributed by atoms with Gasteiger partial charge in [-0.3, -0.25) is 4.79 Å². The average molecular weight is 608 g/mol. The van der Waals surface area contributed by atoms with E-state index in [2.05, 4.69) is 26.8 Å². The first-order valence-corrected chi connectivity index (χ1v) is 13.9. The summed E-state index contributed by atoms with van der Waals surface area (Å²) < 4.78 is 64.8. The lowest BCUT2D eigenvalue weighted by molar-refractivity contribution is -0.137. The van der Waals surface area contributed by atoms with Gasteiger partial charge in [0.2, 0.25) is 5.91 Å². The van der Waals surface area contributed by atoms with E-state index in [1.54, 1.807) is 4.90 Å². The smallest absolute Gasteiger partial charge is 0.418 e. The third-order valence-electron chi connectivity index (χ3n) is 7.56. The number of benzene rings is 1. The van der Waals surface area contributed by atoms with Crippen LogP contribution in [0, 0.1) is 12.7 Å². The number of aromatic nitrogens is 3. The van der Waals surface area contributed by atoms with Crippen LogP contribution in [-0.4, -0.2) is 70.6 Å². The predicted octanol–water partition coefficient (Wildman–Crippen LogP) is 4.75. The molecule has 0 bridgehead atoms. The highest BCUT2D eigenvalue weighted by Gasteiger charge is 2.39. The lowest BCUT2D eigenvalue weighted by Gasteiger charge is -2.40. The number of hydrogen-bond donors (Lipinski definition) is 2. The molecule has 0 aliphatic carbocycles. The van der Waals surface area contributed by atoms with Crippen LogP contribution in [0.2, 0.25) is 5.02 Å². The third kappa shape index (κ3) is 5.67. The van der Waals surface area contributed by atoms with E-state index >= 15 is 4.39 Å². The van der Waals surface area contributed by atoms with Crippen molar-refractivity contribution in [1.82, 2.24) is 25.2 Å². The predicted molar refractivity (Wildman–Crippen MR) is 152 cm³/mol. The van der Waals surface area contributed by atoms with Crippen molar-refractivity contribution in [3.63, 3.8) is 0 Å². The molecular weight excluding hydrogens is 578 g/mol. The largest absolute Gasteiger partial charge is 0.462 e. The second kappa shape index (κ2) is 11.5. The molecule has 42 heavy (non-hydrogen) atoms. The molecule has 5 rings (SSSR count). The number of nitrogens with two attached hydrogens (primary N) is 1. The van der Waals surface area contributed by atoms with Crippen LogP contribution < -0.4 is 20.7 Å². The Hall–Kier alpha value is -3.71. The number of hydrogen-bond acceptors (Lipinski definition) is 8. The molecule has 14 heteroatoms. The minimum Gasteiger partial charge on any atom is -0.462 e. The molecule has 9 nitrogen and oxygen atoms in total. The minimum atomic E-state index is -4.86. The first kappa shape index (κ1) is 29.8. The maximum atomic E-state index is 16.5. The van der Waals surface area contributed by atoms with E-state index in [1.165, 1.54) is 19.1 Å².